The minimum absolute atomic E-state index is 0.0752. The normalized spacial score (nSPS) is 12.6. The molecule has 0 aliphatic carbocycles. The van der Waals surface area contributed by atoms with E-state index in [1.165, 1.54) is 24.3 Å². The fourth-order valence-electron chi connectivity index (χ4n) is 2.80. The van der Waals surface area contributed by atoms with Crippen LogP contribution in [0.2, 0.25) is 0 Å². The lowest BCUT2D eigenvalue weighted by Gasteiger charge is -2.12. The Morgan fingerprint density at radius 3 is 2.37 bits per heavy atom. The molecule has 2 aromatic carbocycles. The van der Waals surface area contributed by atoms with Gasteiger partial charge < -0.3 is 4.57 Å². The number of nitrogens with one attached hydrogen (secondary N) is 1. The highest BCUT2D eigenvalue weighted by atomic mass is 32.2. The number of sulfonamides is 1. The fraction of sp³-hybridized carbons (Fsp3) is 0.278. The molecule has 0 spiro atoms. The number of fused-ring (bicyclic) bond motifs is 1. The minimum Gasteiger partial charge on any atom is -0.319 e. The van der Waals surface area contributed by atoms with E-state index in [0.29, 0.717) is 5.52 Å². The first-order valence-corrected chi connectivity index (χ1v) is 9.82. The Morgan fingerprint density at radius 2 is 1.74 bits per heavy atom. The van der Waals surface area contributed by atoms with Crippen LogP contribution in [0.15, 0.2) is 53.4 Å². The van der Waals surface area contributed by atoms with Gasteiger partial charge in [0.1, 0.15) is 0 Å². The van der Waals surface area contributed by atoms with Crippen molar-refractivity contribution in [1.29, 1.82) is 0 Å². The SMILES string of the molecule is CCc1ccc(S(=O)(=O)NCCn2c(C(F)(F)F)nc3ccccc32)cc1. The highest BCUT2D eigenvalue weighted by molar-refractivity contribution is 7.89. The van der Waals surface area contributed by atoms with Gasteiger partial charge >= 0.3 is 6.18 Å². The van der Waals surface area contributed by atoms with E-state index in [9.17, 15) is 21.6 Å². The number of para-hydroxylation sites is 2. The molecule has 0 unspecified atom stereocenters. The second kappa shape index (κ2) is 7.32. The molecule has 0 bridgehead atoms. The highest BCUT2D eigenvalue weighted by Crippen LogP contribution is 2.31. The molecule has 0 saturated heterocycles. The number of nitrogens with zero attached hydrogens (tertiary/aromatic N) is 2. The summed E-state index contributed by atoms with van der Waals surface area (Å²) in [6.45, 7) is 1.57. The molecule has 0 radical (unpaired) electrons. The van der Waals surface area contributed by atoms with Crippen molar-refractivity contribution >= 4 is 21.1 Å². The average molecular weight is 397 g/mol. The van der Waals surface area contributed by atoms with Crippen LogP contribution in [0.1, 0.15) is 18.3 Å². The van der Waals surface area contributed by atoms with Crippen LogP contribution in [0.3, 0.4) is 0 Å². The van der Waals surface area contributed by atoms with Crippen molar-refractivity contribution in [3.05, 3.63) is 59.9 Å². The third-order valence-electron chi connectivity index (χ3n) is 4.18. The molecule has 27 heavy (non-hydrogen) atoms. The van der Waals surface area contributed by atoms with Crippen molar-refractivity contribution in [2.24, 2.45) is 0 Å². The Labute approximate surface area is 154 Å². The standard InChI is InChI=1S/C18H18F3N3O2S/c1-2-13-7-9-14(10-8-13)27(25,26)22-11-12-24-16-6-4-3-5-15(16)23-17(24)18(19,20)21/h3-10,22H,2,11-12H2,1H3. The third kappa shape index (κ3) is 4.14. The zero-order valence-corrected chi connectivity index (χ0v) is 15.3. The zero-order chi connectivity index (χ0) is 19.7. The molecule has 3 rings (SSSR count). The van der Waals surface area contributed by atoms with Gasteiger partial charge in [0.15, 0.2) is 0 Å². The van der Waals surface area contributed by atoms with Crippen molar-refractivity contribution in [1.82, 2.24) is 14.3 Å². The maximum Gasteiger partial charge on any atom is 0.449 e. The Morgan fingerprint density at radius 1 is 1.07 bits per heavy atom. The molecule has 1 aromatic heterocycles. The second-order valence-electron chi connectivity index (χ2n) is 5.97. The molecule has 0 saturated carbocycles. The maximum absolute atomic E-state index is 13.3. The number of rotatable bonds is 6. The molecule has 1 heterocycles. The first kappa shape index (κ1) is 19.4. The van der Waals surface area contributed by atoms with Crippen LogP contribution in [0, 0.1) is 0 Å². The lowest BCUT2D eigenvalue weighted by Crippen LogP contribution is -2.28. The van der Waals surface area contributed by atoms with Crippen molar-refractivity contribution in [2.45, 2.75) is 31.0 Å². The topological polar surface area (TPSA) is 64.0 Å². The molecule has 0 fully saturated rings. The van der Waals surface area contributed by atoms with Crippen LogP contribution < -0.4 is 4.72 Å². The number of hydrogen-bond donors (Lipinski definition) is 1. The van der Waals surface area contributed by atoms with Gasteiger partial charge in [-0.2, -0.15) is 13.2 Å². The second-order valence-corrected chi connectivity index (χ2v) is 7.74. The Bertz CT molecular complexity index is 1040. The molecular formula is C18H18F3N3O2S. The zero-order valence-electron chi connectivity index (χ0n) is 14.5. The third-order valence-corrected chi connectivity index (χ3v) is 5.65. The Hall–Kier alpha value is -2.39. The summed E-state index contributed by atoms with van der Waals surface area (Å²) in [5.74, 6) is -1.05. The van der Waals surface area contributed by atoms with Crippen LogP contribution in [0.4, 0.5) is 13.2 Å². The first-order valence-electron chi connectivity index (χ1n) is 8.33. The molecule has 0 aliphatic rings. The van der Waals surface area contributed by atoms with E-state index in [1.54, 1.807) is 24.3 Å². The molecule has 0 aliphatic heterocycles. The van der Waals surface area contributed by atoms with E-state index in [0.717, 1.165) is 16.6 Å². The average Bonchev–Trinajstić information content (AvgIpc) is 3.01. The molecule has 144 valence electrons. The van der Waals surface area contributed by atoms with Crippen molar-refractivity contribution in [3.63, 3.8) is 0 Å². The van der Waals surface area contributed by atoms with Gasteiger partial charge in [-0.3, -0.25) is 0 Å². The van der Waals surface area contributed by atoms with Crippen LogP contribution in [-0.4, -0.2) is 24.5 Å². The number of alkyl halides is 3. The Balaban J connectivity index is 1.80. The number of imidazole rings is 1. The van der Waals surface area contributed by atoms with Gasteiger partial charge in [-0.25, -0.2) is 18.1 Å². The van der Waals surface area contributed by atoms with Crippen LogP contribution >= 0.6 is 0 Å². The Kier molecular flexibility index (Phi) is 5.25. The predicted octanol–water partition coefficient (Wildman–Crippen LogP) is 3.60. The molecule has 0 atom stereocenters. The number of benzene rings is 2. The molecule has 1 N–H and O–H groups in total. The van der Waals surface area contributed by atoms with Gasteiger partial charge in [0.05, 0.1) is 15.9 Å². The molecule has 9 heteroatoms. The molecule has 0 amide bonds. The van der Waals surface area contributed by atoms with Crippen LogP contribution in [0.5, 0.6) is 0 Å². The van der Waals surface area contributed by atoms with Crippen molar-refractivity contribution in [2.75, 3.05) is 6.54 Å². The number of aromatic nitrogens is 2. The van der Waals surface area contributed by atoms with Gasteiger partial charge in [-0.05, 0) is 36.2 Å². The predicted molar refractivity (Wildman–Crippen MR) is 95.7 cm³/mol. The van der Waals surface area contributed by atoms with Crippen molar-refractivity contribution < 1.29 is 21.6 Å². The summed E-state index contributed by atoms with van der Waals surface area (Å²) in [5, 5.41) is 0. The van der Waals surface area contributed by atoms with E-state index >= 15 is 0 Å². The van der Waals surface area contributed by atoms with E-state index in [4.69, 9.17) is 0 Å². The van der Waals surface area contributed by atoms with Gasteiger partial charge in [0, 0.05) is 13.1 Å². The molecule has 5 nitrogen and oxygen atoms in total. The van der Waals surface area contributed by atoms with E-state index in [2.05, 4.69) is 9.71 Å². The fourth-order valence-corrected chi connectivity index (χ4v) is 3.82. The number of hydrogen-bond acceptors (Lipinski definition) is 3. The molecular weight excluding hydrogens is 379 g/mol. The van der Waals surface area contributed by atoms with E-state index in [1.807, 2.05) is 6.92 Å². The van der Waals surface area contributed by atoms with Gasteiger partial charge in [0.25, 0.3) is 0 Å². The summed E-state index contributed by atoms with van der Waals surface area (Å²) in [4.78, 5) is 3.71. The summed E-state index contributed by atoms with van der Waals surface area (Å²) in [5.41, 5.74) is 1.51. The quantitative estimate of drug-likeness (QED) is 0.691. The van der Waals surface area contributed by atoms with Gasteiger partial charge in [-0.15, -0.1) is 0 Å². The lowest BCUT2D eigenvalue weighted by molar-refractivity contribution is -0.146. The largest absolute Gasteiger partial charge is 0.449 e. The summed E-state index contributed by atoms with van der Waals surface area (Å²) in [7, 11) is -3.81. The summed E-state index contributed by atoms with van der Waals surface area (Å²) in [6.07, 6.45) is -3.85. The summed E-state index contributed by atoms with van der Waals surface area (Å²) >= 11 is 0. The number of halogens is 3. The van der Waals surface area contributed by atoms with Crippen molar-refractivity contribution in [3.8, 4) is 0 Å². The highest BCUT2D eigenvalue weighted by Gasteiger charge is 2.37. The first-order chi connectivity index (χ1) is 12.7. The molecule has 3 aromatic rings. The number of aryl methyl sites for hydroxylation is 1. The minimum atomic E-state index is -4.63. The lowest BCUT2D eigenvalue weighted by atomic mass is 10.2. The monoisotopic (exact) mass is 397 g/mol. The summed E-state index contributed by atoms with van der Waals surface area (Å²) < 4.78 is 67.8. The van der Waals surface area contributed by atoms with E-state index in [-0.39, 0.29) is 23.5 Å². The van der Waals surface area contributed by atoms with Gasteiger partial charge in [-0.1, -0.05) is 31.2 Å². The van der Waals surface area contributed by atoms with Crippen LogP contribution in [0.25, 0.3) is 11.0 Å². The smallest absolute Gasteiger partial charge is 0.319 e. The maximum atomic E-state index is 13.3. The van der Waals surface area contributed by atoms with E-state index < -0.39 is 22.0 Å². The summed E-state index contributed by atoms with van der Waals surface area (Å²) in [6, 6.07) is 12.6. The van der Waals surface area contributed by atoms with Gasteiger partial charge in [0.2, 0.25) is 15.8 Å². The van der Waals surface area contributed by atoms with Crippen LogP contribution in [-0.2, 0) is 29.2 Å².